The molecule has 0 radical (unpaired) electrons. The minimum atomic E-state index is -0.929. The van der Waals surface area contributed by atoms with Crippen LogP contribution in [0.1, 0.15) is 36.2 Å². The summed E-state index contributed by atoms with van der Waals surface area (Å²) in [5.41, 5.74) is 3.40. The van der Waals surface area contributed by atoms with E-state index in [1.165, 1.54) is 0 Å². The molecule has 0 saturated carbocycles. The smallest absolute Gasteiger partial charge is 0.318 e. The molecule has 0 bridgehead atoms. The normalized spacial score (nSPS) is 13.3. The first-order chi connectivity index (χ1) is 15.5. The quantitative estimate of drug-likeness (QED) is 0.346. The van der Waals surface area contributed by atoms with Gasteiger partial charge in [0.2, 0.25) is 0 Å². The van der Waals surface area contributed by atoms with Crippen LogP contribution in [0.4, 0.5) is 0 Å². The molecule has 5 nitrogen and oxygen atoms in total. The topological polar surface area (TPSA) is 56.5 Å². The highest BCUT2D eigenvalue weighted by Crippen LogP contribution is 2.31. The Morgan fingerprint density at radius 3 is 2.56 bits per heavy atom. The summed E-state index contributed by atoms with van der Waals surface area (Å²) in [6.45, 7) is 4.03. The van der Waals surface area contributed by atoms with Gasteiger partial charge in [-0.3, -0.25) is 4.79 Å². The molecule has 2 aromatic carbocycles. The third-order valence-corrected chi connectivity index (χ3v) is 5.70. The molecule has 4 rings (SSSR count). The summed E-state index contributed by atoms with van der Waals surface area (Å²) in [7, 11) is 0. The summed E-state index contributed by atoms with van der Waals surface area (Å²) in [4.78, 5) is 17.7. The van der Waals surface area contributed by atoms with Crippen molar-refractivity contribution in [1.82, 2.24) is 14.6 Å². The predicted molar refractivity (Wildman–Crippen MR) is 127 cm³/mol. The first-order valence-corrected chi connectivity index (χ1v) is 10.9. The average molecular weight is 446 g/mol. The van der Waals surface area contributed by atoms with E-state index in [0.29, 0.717) is 23.7 Å². The van der Waals surface area contributed by atoms with Crippen LogP contribution >= 0.6 is 11.6 Å². The molecule has 1 atom stereocenters. The first-order valence-electron chi connectivity index (χ1n) is 10.5. The fourth-order valence-electron chi connectivity index (χ4n) is 3.77. The fraction of sp³-hybridized carbons (Fsp3) is 0.192. The van der Waals surface area contributed by atoms with Crippen LogP contribution in [0.5, 0.6) is 0 Å². The van der Waals surface area contributed by atoms with Gasteiger partial charge in [0.05, 0.1) is 18.5 Å². The van der Waals surface area contributed by atoms with E-state index < -0.39 is 5.41 Å². The number of aromatic nitrogens is 3. The number of esters is 1. The van der Waals surface area contributed by atoms with E-state index in [-0.39, 0.29) is 5.97 Å². The Hall–Kier alpha value is -3.44. The SMILES string of the molecule is CCOC(=O)C(C)(Cc1ccccc1)c1ccnc2c(C=Cc3ccc(Cl)cc3)cnn12. The van der Waals surface area contributed by atoms with Crippen LogP contribution in [-0.4, -0.2) is 27.2 Å². The molecule has 6 heteroatoms. The molecule has 0 aliphatic heterocycles. The maximum absolute atomic E-state index is 13.2. The number of fused-ring (bicyclic) bond motifs is 1. The Balaban J connectivity index is 1.76. The molecule has 0 aliphatic rings. The largest absolute Gasteiger partial charge is 0.465 e. The molecule has 4 aromatic rings. The number of carbonyl (C=O) groups excluding carboxylic acids is 1. The Morgan fingerprint density at radius 2 is 1.84 bits per heavy atom. The van der Waals surface area contributed by atoms with Crippen LogP contribution in [0.25, 0.3) is 17.8 Å². The second-order valence-corrected chi connectivity index (χ2v) is 8.20. The molecule has 0 N–H and O–H groups in total. The van der Waals surface area contributed by atoms with Crippen molar-refractivity contribution in [2.75, 3.05) is 6.61 Å². The van der Waals surface area contributed by atoms with Gasteiger partial charge in [0.15, 0.2) is 5.65 Å². The van der Waals surface area contributed by atoms with Crippen molar-refractivity contribution in [3.8, 4) is 0 Å². The van der Waals surface area contributed by atoms with Gasteiger partial charge in [0.1, 0.15) is 5.41 Å². The van der Waals surface area contributed by atoms with Crippen molar-refractivity contribution < 1.29 is 9.53 Å². The number of benzene rings is 2. The Bertz CT molecular complexity index is 1250. The van der Waals surface area contributed by atoms with Crippen molar-refractivity contribution in [2.45, 2.75) is 25.7 Å². The Labute approximate surface area is 192 Å². The zero-order valence-corrected chi connectivity index (χ0v) is 18.8. The predicted octanol–water partition coefficient (Wildman–Crippen LogP) is 5.62. The van der Waals surface area contributed by atoms with Crippen LogP contribution in [0.15, 0.2) is 73.1 Å². The molecule has 0 aliphatic carbocycles. The molecule has 0 saturated heterocycles. The first kappa shape index (κ1) is 21.8. The van der Waals surface area contributed by atoms with E-state index in [0.717, 1.165) is 22.4 Å². The van der Waals surface area contributed by atoms with Crippen LogP contribution in [0, 0.1) is 0 Å². The molecule has 0 amide bonds. The lowest BCUT2D eigenvalue weighted by Gasteiger charge is -2.28. The van der Waals surface area contributed by atoms with Crippen LogP contribution < -0.4 is 0 Å². The summed E-state index contributed by atoms with van der Waals surface area (Å²) < 4.78 is 7.22. The summed E-state index contributed by atoms with van der Waals surface area (Å²) >= 11 is 5.97. The number of ether oxygens (including phenoxy) is 1. The molecule has 1 unspecified atom stereocenters. The monoisotopic (exact) mass is 445 g/mol. The number of hydrogen-bond donors (Lipinski definition) is 0. The van der Waals surface area contributed by atoms with Crippen LogP contribution in [0.2, 0.25) is 5.02 Å². The summed E-state index contributed by atoms with van der Waals surface area (Å²) in [5, 5.41) is 5.26. The van der Waals surface area contributed by atoms with Gasteiger partial charge in [0, 0.05) is 16.8 Å². The molecule has 0 spiro atoms. The number of rotatable bonds is 7. The maximum atomic E-state index is 13.2. The van der Waals surface area contributed by atoms with Gasteiger partial charge in [-0.25, -0.2) is 9.50 Å². The van der Waals surface area contributed by atoms with Crippen molar-refractivity contribution in [3.05, 3.63) is 100 Å². The second-order valence-electron chi connectivity index (χ2n) is 7.77. The average Bonchev–Trinajstić information content (AvgIpc) is 3.22. The minimum Gasteiger partial charge on any atom is -0.465 e. The van der Waals surface area contributed by atoms with E-state index in [9.17, 15) is 4.79 Å². The molecular formula is C26H24ClN3O2. The van der Waals surface area contributed by atoms with E-state index in [1.807, 2.05) is 86.7 Å². The van der Waals surface area contributed by atoms with Gasteiger partial charge in [-0.15, -0.1) is 0 Å². The van der Waals surface area contributed by atoms with E-state index >= 15 is 0 Å². The van der Waals surface area contributed by atoms with Gasteiger partial charge in [-0.1, -0.05) is 60.1 Å². The van der Waals surface area contributed by atoms with Crippen LogP contribution in [-0.2, 0) is 21.4 Å². The highest BCUT2D eigenvalue weighted by atomic mass is 35.5. The lowest BCUT2D eigenvalue weighted by Crippen LogP contribution is -2.38. The summed E-state index contributed by atoms with van der Waals surface area (Å²) in [5.74, 6) is -0.287. The fourth-order valence-corrected chi connectivity index (χ4v) is 3.89. The maximum Gasteiger partial charge on any atom is 0.318 e. The number of halogens is 1. The van der Waals surface area contributed by atoms with Gasteiger partial charge in [-0.05, 0) is 55.7 Å². The lowest BCUT2D eigenvalue weighted by atomic mass is 9.80. The Morgan fingerprint density at radius 1 is 1.09 bits per heavy atom. The molecule has 2 heterocycles. The Kier molecular flexibility index (Phi) is 6.37. The highest BCUT2D eigenvalue weighted by Gasteiger charge is 2.39. The third-order valence-electron chi connectivity index (χ3n) is 5.45. The van der Waals surface area contributed by atoms with Crippen molar-refractivity contribution in [2.24, 2.45) is 0 Å². The van der Waals surface area contributed by atoms with Gasteiger partial charge in [0.25, 0.3) is 0 Å². The molecular weight excluding hydrogens is 422 g/mol. The van der Waals surface area contributed by atoms with Crippen molar-refractivity contribution in [3.63, 3.8) is 0 Å². The summed E-state index contributed by atoms with van der Waals surface area (Å²) in [6, 6.07) is 19.4. The zero-order valence-electron chi connectivity index (χ0n) is 18.0. The van der Waals surface area contributed by atoms with E-state index in [4.69, 9.17) is 16.3 Å². The van der Waals surface area contributed by atoms with Gasteiger partial charge >= 0.3 is 5.97 Å². The second kappa shape index (κ2) is 9.37. The number of hydrogen-bond acceptors (Lipinski definition) is 4. The number of carbonyl (C=O) groups is 1. The highest BCUT2D eigenvalue weighted by molar-refractivity contribution is 6.30. The van der Waals surface area contributed by atoms with Crippen molar-refractivity contribution >= 4 is 35.4 Å². The standard InChI is InChI=1S/C26H24ClN3O2/c1-3-32-25(31)26(2,17-20-7-5-4-6-8-20)23-15-16-28-24-21(18-29-30(23)24)12-9-19-10-13-22(27)14-11-19/h4-16,18H,3,17H2,1-2H3. The zero-order chi connectivity index (χ0) is 22.6. The number of nitrogens with zero attached hydrogens (tertiary/aromatic N) is 3. The van der Waals surface area contributed by atoms with Gasteiger partial charge in [-0.2, -0.15) is 5.10 Å². The molecule has 32 heavy (non-hydrogen) atoms. The molecule has 2 aromatic heterocycles. The van der Waals surface area contributed by atoms with Crippen LogP contribution in [0.3, 0.4) is 0 Å². The third kappa shape index (κ3) is 4.43. The van der Waals surface area contributed by atoms with E-state index in [1.54, 1.807) is 16.9 Å². The van der Waals surface area contributed by atoms with Crippen molar-refractivity contribution in [1.29, 1.82) is 0 Å². The lowest BCUT2D eigenvalue weighted by molar-refractivity contribution is -0.149. The molecule has 0 fully saturated rings. The van der Waals surface area contributed by atoms with Gasteiger partial charge < -0.3 is 4.74 Å². The minimum absolute atomic E-state index is 0.287. The van der Waals surface area contributed by atoms with E-state index in [2.05, 4.69) is 10.1 Å². The summed E-state index contributed by atoms with van der Waals surface area (Å²) in [6.07, 6.45) is 7.90. The molecule has 162 valence electrons.